The van der Waals surface area contributed by atoms with Crippen LogP contribution in [0.3, 0.4) is 0 Å². The number of nitrogens with zero attached hydrogens (tertiary/aromatic N) is 1. The first-order valence-corrected chi connectivity index (χ1v) is 7.34. The molecule has 1 aliphatic rings. The maximum absolute atomic E-state index is 6.34. The highest BCUT2D eigenvalue weighted by molar-refractivity contribution is 5.54. The first kappa shape index (κ1) is 15.9. The molecule has 0 aliphatic carbocycles. The molecule has 2 N–H and O–H groups in total. The van der Waals surface area contributed by atoms with Crippen LogP contribution in [0.15, 0.2) is 12.1 Å². The van der Waals surface area contributed by atoms with Crippen molar-refractivity contribution < 1.29 is 14.2 Å². The molecule has 1 saturated heterocycles. The quantitative estimate of drug-likeness (QED) is 0.902. The molecule has 0 radical (unpaired) electrons. The van der Waals surface area contributed by atoms with Crippen molar-refractivity contribution in [3.05, 3.63) is 17.7 Å². The van der Waals surface area contributed by atoms with Crippen molar-refractivity contribution in [2.75, 3.05) is 27.9 Å². The standard InChI is InChI=1S/C16H26N2O3/c1-10(2)18-7-6-12(17)15(18)11-8-13(19-3)16(21-5)14(9-11)20-4/h8-10,12,15H,6-7,17H2,1-5H3. The molecule has 0 saturated carbocycles. The minimum Gasteiger partial charge on any atom is -0.493 e. The Kier molecular flexibility index (Phi) is 4.96. The summed E-state index contributed by atoms with van der Waals surface area (Å²) in [5.74, 6) is 1.97. The summed E-state index contributed by atoms with van der Waals surface area (Å²) in [6.07, 6.45) is 1.000. The molecular weight excluding hydrogens is 268 g/mol. The summed E-state index contributed by atoms with van der Waals surface area (Å²) in [6.45, 7) is 5.41. The van der Waals surface area contributed by atoms with E-state index >= 15 is 0 Å². The van der Waals surface area contributed by atoms with E-state index in [2.05, 4.69) is 18.7 Å². The summed E-state index contributed by atoms with van der Waals surface area (Å²) in [7, 11) is 4.88. The summed E-state index contributed by atoms with van der Waals surface area (Å²) >= 11 is 0. The number of likely N-dealkylation sites (tertiary alicyclic amines) is 1. The number of hydrogen-bond acceptors (Lipinski definition) is 5. The van der Waals surface area contributed by atoms with Crippen LogP contribution >= 0.6 is 0 Å². The van der Waals surface area contributed by atoms with E-state index in [1.54, 1.807) is 21.3 Å². The zero-order chi connectivity index (χ0) is 15.6. The molecule has 0 amide bonds. The highest BCUT2D eigenvalue weighted by atomic mass is 16.5. The Bertz CT molecular complexity index is 465. The third-order valence-electron chi connectivity index (χ3n) is 4.18. The van der Waals surface area contributed by atoms with Gasteiger partial charge in [-0.2, -0.15) is 0 Å². The van der Waals surface area contributed by atoms with E-state index < -0.39 is 0 Å². The van der Waals surface area contributed by atoms with Gasteiger partial charge in [0.05, 0.1) is 27.4 Å². The fraction of sp³-hybridized carbons (Fsp3) is 0.625. The molecule has 0 spiro atoms. The number of ether oxygens (including phenoxy) is 3. The molecule has 1 aliphatic heterocycles. The highest BCUT2D eigenvalue weighted by Crippen LogP contribution is 2.43. The predicted octanol–water partition coefficient (Wildman–Crippen LogP) is 2.19. The summed E-state index contributed by atoms with van der Waals surface area (Å²) in [4.78, 5) is 2.42. The first-order valence-electron chi connectivity index (χ1n) is 7.34. The van der Waals surface area contributed by atoms with Crippen molar-refractivity contribution in [2.45, 2.75) is 38.4 Å². The summed E-state index contributed by atoms with van der Waals surface area (Å²) in [5.41, 5.74) is 7.45. The molecule has 1 aromatic rings. The summed E-state index contributed by atoms with van der Waals surface area (Å²) in [5, 5.41) is 0. The van der Waals surface area contributed by atoms with Crippen LogP contribution < -0.4 is 19.9 Å². The van der Waals surface area contributed by atoms with Gasteiger partial charge in [0, 0.05) is 18.6 Å². The maximum Gasteiger partial charge on any atom is 0.203 e. The van der Waals surface area contributed by atoms with Gasteiger partial charge in [0.2, 0.25) is 5.75 Å². The first-order chi connectivity index (χ1) is 10.0. The molecule has 118 valence electrons. The average Bonchev–Trinajstić information content (AvgIpc) is 2.87. The van der Waals surface area contributed by atoms with E-state index in [0.29, 0.717) is 23.3 Å². The second-order valence-electron chi connectivity index (χ2n) is 5.69. The van der Waals surface area contributed by atoms with Crippen LogP contribution in [0.5, 0.6) is 17.2 Å². The van der Waals surface area contributed by atoms with Crippen molar-refractivity contribution >= 4 is 0 Å². The van der Waals surface area contributed by atoms with Gasteiger partial charge in [0.15, 0.2) is 11.5 Å². The topological polar surface area (TPSA) is 57.0 Å². The second kappa shape index (κ2) is 6.54. The second-order valence-corrected chi connectivity index (χ2v) is 5.69. The molecule has 0 bridgehead atoms. The SMILES string of the molecule is COc1cc(C2C(N)CCN2C(C)C)cc(OC)c1OC. The van der Waals surface area contributed by atoms with Gasteiger partial charge in [-0.3, -0.25) is 4.90 Å². The lowest BCUT2D eigenvalue weighted by Crippen LogP contribution is -2.35. The Morgan fingerprint density at radius 2 is 1.67 bits per heavy atom. The molecule has 0 aromatic heterocycles. The Hall–Kier alpha value is -1.46. The monoisotopic (exact) mass is 294 g/mol. The number of benzene rings is 1. The number of nitrogens with two attached hydrogens (primary N) is 1. The molecule has 2 rings (SSSR count). The Balaban J connectivity index is 2.47. The van der Waals surface area contributed by atoms with Crippen LogP contribution in [-0.2, 0) is 0 Å². The van der Waals surface area contributed by atoms with Gasteiger partial charge in [-0.1, -0.05) is 0 Å². The van der Waals surface area contributed by atoms with Gasteiger partial charge in [0.25, 0.3) is 0 Å². The van der Waals surface area contributed by atoms with Crippen molar-refractivity contribution in [2.24, 2.45) is 5.73 Å². The van der Waals surface area contributed by atoms with E-state index in [0.717, 1.165) is 18.5 Å². The predicted molar refractivity (Wildman–Crippen MR) is 83.3 cm³/mol. The third-order valence-corrected chi connectivity index (χ3v) is 4.18. The minimum absolute atomic E-state index is 0.121. The molecule has 1 heterocycles. The van der Waals surface area contributed by atoms with Crippen molar-refractivity contribution in [3.8, 4) is 17.2 Å². The molecule has 1 aromatic carbocycles. The zero-order valence-corrected chi connectivity index (χ0v) is 13.6. The molecule has 5 nitrogen and oxygen atoms in total. The fourth-order valence-electron chi connectivity index (χ4n) is 3.13. The van der Waals surface area contributed by atoms with Crippen molar-refractivity contribution in [1.29, 1.82) is 0 Å². The Labute approximate surface area is 127 Å². The van der Waals surface area contributed by atoms with Crippen LogP contribution in [0.2, 0.25) is 0 Å². The van der Waals surface area contributed by atoms with Crippen LogP contribution in [-0.4, -0.2) is 44.9 Å². The van der Waals surface area contributed by atoms with Crippen LogP contribution in [0.4, 0.5) is 0 Å². The number of rotatable bonds is 5. The molecule has 2 unspecified atom stereocenters. The summed E-state index contributed by atoms with van der Waals surface area (Å²) in [6, 6.07) is 4.76. The van der Waals surface area contributed by atoms with Gasteiger partial charge < -0.3 is 19.9 Å². The van der Waals surface area contributed by atoms with Crippen LogP contribution in [0.1, 0.15) is 31.9 Å². The summed E-state index contributed by atoms with van der Waals surface area (Å²) < 4.78 is 16.3. The van der Waals surface area contributed by atoms with Crippen LogP contribution in [0.25, 0.3) is 0 Å². The number of hydrogen-bond donors (Lipinski definition) is 1. The molecule has 5 heteroatoms. The molecule has 2 atom stereocenters. The van der Waals surface area contributed by atoms with Gasteiger partial charge in [-0.15, -0.1) is 0 Å². The third kappa shape index (κ3) is 2.94. The minimum atomic E-state index is 0.121. The van der Waals surface area contributed by atoms with Gasteiger partial charge in [-0.25, -0.2) is 0 Å². The largest absolute Gasteiger partial charge is 0.493 e. The van der Waals surface area contributed by atoms with E-state index in [9.17, 15) is 0 Å². The smallest absolute Gasteiger partial charge is 0.203 e. The lowest BCUT2D eigenvalue weighted by atomic mass is 9.99. The lowest BCUT2D eigenvalue weighted by Gasteiger charge is -2.31. The maximum atomic E-state index is 6.34. The normalized spacial score (nSPS) is 22.6. The van der Waals surface area contributed by atoms with E-state index in [4.69, 9.17) is 19.9 Å². The molecular formula is C16H26N2O3. The number of methoxy groups -OCH3 is 3. The fourth-order valence-corrected chi connectivity index (χ4v) is 3.13. The van der Waals surface area contributed by atoms with E-state index in [1.807, 2.05) is 12.1 Å². The Morgan fingerprint density at radius 3 is 2.10 bits per heavy atom. The van der Waals surface area contributed by atoms with Gasteiger partial charge >= 0.3 is 0 Å². The molecule has 21 heavy (non-hydrogen) atoms. The van der Waals surface area contributed by atoms with Gasteiger partial charge in [-0.05, 0) is 38.0 Å². The molecule has 1 fully saturated rings. The van der Waals surface area contributed by atoms with Gasteiger partial charge in [0.1, 0.15) is 0 Å². The van der Waals surface area contributed by atoms with Crippen molar-refractivity contribution in [1.82, 2.24) is 4.90 Å². The van der Waals surface area contributed by atoms with Crippen LogP contribution in [0, 0.1) is 0 Å². The van der Waals surface area contributed by atoms with E-state index in [1.165, 1.54) is 0 Å². The van der Waals surface area contributed by atoms with E-state index in [-0.39, 0.29) is 12.1 Å². The van der Waals surface area contributed by atoms with Crippen molar-refractivity contribution in [3.63, 3.8) is 0 Å². The Morgan fingerprint density at radius 1 is 1.10 bits per heavy atom. The highest BCUT2D eigenvalue weighted by Gasteiger charge is 2.35. The lowest BCUT2D eigenvalue weighted by molar-refractivity contribution is 0.197. The zero-order valence-electron chi connectivity index (χ0n) is 13.6. The average molecular weight is 294 g/mol.